The van der Waals surface area contributed by atoms with E-state index >= 15 is 9.18 Å². The topological polar surface area (TPSA) is 103 Å². The molecule has 0 bridgehead atoms. The van der Waals surface area contributed by atoms with Crippen LogP contribution in [0, 0.1) is 12.7 Å². The minimum absolute atomic E-state index is 0.0625. The second-order valence-electron chi connectivity index (χ2n) is 13.9. The van der Waals surface area contributed by atoms with E-state index in [1.54, 1.807) is 10.8 Å². The predicted molar refractivity (Wildman–Crippen MR) is 194 cm³/mol. The van der Waals surface area contributed by atoms with Crippen molar-refractivity contribution in [3.05, 3.63) is 81.5 Å². The average Bonchev–Trinajstić information content (AvgIpc) is 3.54. The van der Waals surface area contributed by atoms with Gasteiger partial charge in [0, 0.05) is 54.6 Å². The number of aromatic amines is 1. The maximum absolute atomic E-state index is 17.0. The molecule has 1 saturated heterocycles. The molecule has 0 spiro atoms. The number of amides is 1. The Morgan fingerprint density at radius 2 is 1.73 bits per heavy atom. The fourth-order valence-electron chi connectivity index (χ4n) is 7.76. The number of likely N-dealkylation sites (N-methyl/N-ethyl adjacent to an activating group) is 1. The summed E-state index contributed by atoms with van der Waals surface area (Å²) in [5.74, 6) is -0.785. The van der Waals surface area contributed by atoms with Crippen LogP contribution in [0.2, 0.25) is 5.02 Å². The largest absolute Gasteiger partial charge is 0.366 e. The SMILES string of the molecule is C=CC(=O)N1CC2CN(C)c3c(c4cc(F)c(-c5c(C)ccc6[nH]ncc56)c(Cl)c4n(-c4c(C(C)C)ncnc4C(C)C)c3=O)N2CC1C. The molecule has 10 nitrogen and oxygen atoms in total. The van der Waals surface area contributed by atoms with Crippen LogP contribution in [0.3, 0.4) is 0 Å². The summed E-state index contributed by atoms with van der Waals surface area (Å²) in [4.78, 5) is 43.4. The standard InChI is InChI=1S/C37H40ClFN8O2/c1-9-27(48)45-16-22-15-44(8)36-34(46(22)14-21(45)7)23-12-25(39)29(28-20(6)10-11-26-24(28)13-42-43-26)30(38)33(23)47(37(36)49)35-31(18(2)3)40-17-41-32(35)19(4)5/h9-13,17-19,21-22H,1,14-16H2,2-8H3,(H,42,43). The highest BCUT2D eigenvalue weighted by atomic mass is 35.5. The number of hydrogen-bond donors (Lipinski definition) is 1. The van der Waals surface area contributed by atoms with Crippen LogP contribution in [0.1, 0.15) is 63.4 Å². The number of benzene rings is 2. The molecule has 2 aliphatic heterocycles. The Hall–Kier alpha value is -4.77. The molecule has 12 heteroatoms. The third-order valence-corrected chi connectivity index (χ3v) is 10.4. The Morgan fingerprint density at radius 3 is 2.39 bits per heavy atom. The Bertz CT molecular complexity index is 2220. The highest BCUT2D eigenvalue weighted by Crippen LogP contribution is 2.48. The van der Waals surface area contributed by atoms with E-state index < -0.39 is 5.82 Å². The number of hydrogen-bond acceptors (Lipinski definition) is 7. The maximum atomic E-state index is 17.0. The number of carbonyl (C=O) groups is 1. The summed E-state index contributed by atoms with van der Waals surface area (Å²) < 4.78 is 18.6. The second kappa shape index (κ2) is 12.0. The summed E-state index contributed by atoms with van der Waals surface area (Å²) in [5.41, 5.74) is 5.42. The fourth-order valence-corrected chi connectivity index (χ4v) is 8.13. The van der Waals surface area contributed by atoms with E-state index in [0.29, 0.717) is 64.6 Å². The van der Waals surface area contributed by atoms with E-state index in [1.165, 1.54) is 18.5 Å². The molecule has 2 atom stereocenters. The summed E-state index contributed by atoms with van der Waals surface area (Å²) in [7, 11) is 1.87. The number of nitrogens with zero attached hydrogens (tertiary/aromatic N) is 7. The minimum Gasteiger partial charge on any atom is -0.366 e. The van der Waals surface area contributed by atoms with Gasteiger partial charge in [0.2, 0.25) is 5.91 Å². The first kappa shape index (κ1) is 32.8. The lowest BCUT2D eigenvalue weighted by Crippen LogP contribution is -2.64. The molecule has 0 aliphatic carbocycles. The predicted octanol–water partition coefficient (Wildman–Crippen LogP) is 6.71. The first-order chi connectivity index (χ1) is 23.3. The van der Waals surface area contributed by atoms with Crippen molar-refractivity contribution in [2.75, 3.05) is 36.5 Å². The lowest BCUT2D eigenvalue weighted by Gasteiger charge is -2.51. The first-order valence-corrected chi connectivity index (χ1v) is 17.0. The van der Waals surface area contributed by atoms with Gasteiger partial charge in [-0.2, -0.15) is 5.10 Å². The van der Waals surface area contributed by atoms with Gasteiger partial charge in [0.1, 0.15) is 17.8 Å². The van der Waals surface area contributed by atoms with Crippen LogP contribution in [0.4, 0.5) is 15.8 Å². The van der Waals surface area contributed by atoms with Crippen LogP contribution in [0.25, 0.3) is 38.6 Å². The third kappa shape index (κ3) is 4.92. The van der Waals surface area contributed by atoms with Gasteiger partial charge in [0.05, 0.1) is 51.1 Å². The highest BCUT2D eigenvalue weighted by Gasteiger charge is 2.42. The van der Waals surface area contributed by atoms with Crippen LogP contribution >= 0.6 is 11.6 Å². The van der Waals surface area contributed by atoms with Crippen LogP contribution in [0.5, 0.6) is 0 Å². The molecule has 5 heterocycles. The number of anilines is 2. The molecule has 2 unspecified atom stereocenters. The monoisotopic (exact) mass is 682 g/mol. The van der Waals surface area contributed by atoms with Gasteiger partial charge in [0.25, 0.3) is 5.56 Å². The molecule has 2 aliphatic rings. The van der Waals surface area contributed by atoms with Crippen LogP contribution in [0.15, 0.2) is 48.2 Å². The lowest BCUT2D eigenvalue weighted by molar-refractivity contribution is -0.128. The summed E-state index contributed by atoms with van der Waals surface area (Å²) >= 11 is 7.51. The van der Waals surface area contributed by atoms with Gasteiger partial charge in [-0.3, -0.25) is 19.3 Å². The second-order valence-corrected chi connectivity index (χ2v) is 14.3. The number of nitrogens with one attached hydrogen (secondary N) is 1. The number of fused-ring (bicyclic) bond motifs is 6. The van der Waals surface area contributed by atoms with Gasteiger partial charge in [-0.15, -0.1) is 0 Å². The van der Waals surface area contributed by atoms with Crippen molar-refractivity contribution in [3.8, 4) is 16.8 Å². The molecule has 2 aromatic carbocycles. The molecule has 3 aromatic heterocycles. The molecule has 1 amide bonds. The van der Waals surface area contributed by atoms with Gasteiger partial charge in [0.15, 0.2) is 0 Å². The van der Waals surface area contributed by atoms with Gasteiger partial charge < -0.3 is 14.7 Å². The summed E-state index contributed by atoms with van der Waals surface area (Å²) in [6.07, 6.45) is 4.54. The smallest absolute Gasteiger partial charge is 0.281 e. The quantitative estimate of drug-likeness (QED) is 0.206. The maximum Gasteiger partial charge on any atom is 0.281 e. The van der Waals surface area contributed by atoms with E-state index in [-0.39, 0.29) is 46.0 Å². The van der Waals surface area contributed by atoms with Gasteiger partial charge in [-0.25, -0.2) is 14.4 Å². The zero-order valence-corrected chi connectivity index (χ0v) is 29.6. The van der Waals surface area contributed by atoms with E-state index in [4.69, 9.17) is 21.6 Å². The number of aromatic nitrogens is 5. The first-order valence-electron chi connectivity index (χ1n) is 16.6. The van der Waals surface area contributed by atoms with E-state index in [0.717, 1.165) is 16.5 Å². The Kier molecular flexibility index (Phi) is 8.01. The summed E-state index contributed by atoms with van der Waals surface area (Å²) in [6.45, 7) is 17.0. The lowest BCUT2D eigenvalue weighted by atomic mass is 9.93. The van der Waals surface area contributed by atoms with Crippen molar-refractivity contribution in [3.63, 3.8) is 0 Å². The molecule has 1 fully saturated rings. The highest BCUT2D eigenvalue weighted by molar-refractivity contribution is 6.39. The zero-order valence-electron chi connectivity index (χ0n) is 28.8. The summed E-state index contributed by atoms with van der Waals surface area (Å²) in [6, 6.07) is 4.98. The average molecular weight is 683 g/mol. The minimum atomic E-state index is -0.516. The number of carbonyl (C=O) groups excluding carboxylic acids is 1. The Morgan fingerprint density at radius 1 is 1.04 bits per heavy atom. The number of aryl methyl sites for hydroxylation is 1. The molecule has 7 rings (SSSR count). The van der Waals surface area contributed by atoms with Crippen molar-refractivity contribution in [1.29, 1.82) is 0 Å². The van der Waals surface area contributed by atoms with Crippen molar-refractivity contribution in [2.45, 2.75) is 65.5 Å². The van der Waals surface area contributed by atoms with Gasteiger partial charge in [-0.1, -0.05) is 51.9 Å². The van der Waals surface area contributed by atoms with Crippen molar-refractivity contribution in [1.82, 2.24) is 29.6 Å². The van der Waals surface area contributed by atoms with Gasteiger partial charge in [-0.05, 0) is 49.5 Å². The van der Waals surface area contributed by atoms with E-state index in [1.807, 2.05) is 70.5 Å². The Balaban J connectivity index is 1.65. The molecular formula is C37H40ClFN8O2. The molecule has 49 heavy (non-hydrogen) atoms. The molecule has 5 aromatic rings. The number of pyridine rings is 1. The van der Waals surface area contributed by atoms with E-state index in [2.05, 4.69) is 21.7 Å². The van der Waals surface area contributed by atoms with Crippen molar-refractivity contribution >= 4 is 50.7 Å². The van der Waals surface area contributed by atoms with Crippen LogP contribution < -0.4 is 15.4 Å². The van der Waals surface area contributed by atoms with E-state index in [9.17, 15) is 4.79 Å². The molecule has 0 radical (unpaired) electrons. The third-order valence-electron chi connectivity index (χ3n) is 10.0. The van der Waals surface area contributed by atoms with Crippen molar-refractivity contribution < 1.29 is 9.18 Å². The summed E-state index contributed by atoms with van der Waals surface area (Å²) in [5, 5.41) is 8.54. The molecule has 1 N–H and O–H groups in total. The number of H-pyrrole nitrogens is 1. The molecule has 0 saturated carbocycles. The van der Waals surface area contributed by atoms with Crippen LogP contribution in [-0.4, -0.2) is 74.3 Å². The molecule has 254 valence electrons. The van der Waals surface area contributed by atoms with Crippen LogP contribution in [-0.2, 0) is 4.79 Å². The number of piperazine rings is 1. The van der Waals surface area contributed by atoms with Crippen molar-refractivity contribution in [2.24, 2.45) is 0 Å². The van der Waals surface area contributed by atoms with Gasteiger partial charge >= 0.3 is 0 Å². The molecular weight excluding hydrogens is 643 g/mol. The Labute approximate surface area is 289 Å². The number of halogens is 2. The normalized spacial score (nSPS) is 17.7. The number of rotatable bonds is 5. The zero-order chi connectivity index (χ0) is 35.0. The fraction of sp³-hybridized carbons (Fsp3) is 0.378.